The quantitative estimate of drug-likeness (QED) is 0.639. The number of amides is 1. The van der Waals surface area contributed by atoms with Gasteiger partial charge in [-0.1, -0.05) is 13.8 Å². The van der Waals surface area contributed by atoms with Gasteiger partial charge in [-0.15, -0.1) is 0 Å². The number of alkyl halides is 3. The van der Waals surface area contributed by atoms with E-state index in [0.717, 1.165) is 18.9 Å². The maximum atomic E-state index is 12.8. The Morgan fingerprint density at radius 3 is 2.59 bits per heavy atom. The van der Waals surface area contributed by atoms with Crippen molar-refractivity contribution in [1.29, 1.82) is 0 Å². The zero-order valence-electron chi connectivity index (χ0n) is 18.4. The molecule has 174 valence electrons. The van der Waals surface area contributed by atoms with E-state index in [0.29, 0.717) is 29.7 Å². The molecule has 2 aliphatic rings. The molecule has 1 fully saturated rings. The van der Waals surface area contributed by atoms with Crippen molar-refractivity contribution in [2.45, 2.75) is 58.4 Å². The minimum Gasteiger partial charge on any atom is -0.384 e. The SMILES string of the molecule is Cc1nc(N[C@H]2C[C@@H](Cn3nc(C(F)(F)F)cc3N)C2)nc2c1NC(=O)C(C(C)C)N2C. The largest absolute Gasteiger partial charge is 0.435 e. The second-order valence-electron chi connectivity index (χ2n) is 8.93. The Morgan fingerprint density at radius 1 is 1.31 bits per heavy atom. The summed E-state index contributed by atoms with van der Waals surface area (Å²) in [7, 11) is 1.85. The van der Waals surface area contributed by atoms with E-state index < -0.39 is 11.9 Å². The van der Waals surface area contributed by atoms with Gasteiger partial charge in [-0.3, -0.25) is 4.79 Å². The Balaban J connectivity index is 1.40. The lowest BCUT2D eigenvalue weighted by Gasteiger charge is -2.38. The molecule has 0 aromatic carbocycles. The van der Waals surface area contributed by atoms with Crippen molar-refractivity contribution in [2.75, 3.05) is 28.3 Å². The van der Waals surface area contributed by atoms with Crippen LogP contribution in [0.1, 0.15) is 38.1 Å². The van der Waals surface area contributed by atoms with Gasteiger partial charge < -0.3 is 21.3 Å². The van der Waals surface area contributed by atoms with Crippen LogP contribution >= 0.6 is 0 Å². The number of aromatic nitrogens is 4. The van der Waals surface area contributed by atoms with Crippen molar-refractivity contribution in [2.24, 2.45) is 11.8 Å². The molecule has 1 aliphatic carbocycles. The molecule has 1 aliphatic heterocycles. The molecule has 1 amide bonds. The van der Waals surface area contributed by atoms with E-state index in [-0.39, 0.29) is 35.6 Å². The van der Waals surface area contributed by atoms with Crippen molar-refractivity contribution in [3.63, 3.8) is 0 Å². The van der Waals surface area contributed by atoms with E-state index in [2.05, 4.69) is 25.7 Å². The van der Waals surface area contributed by atoms with E-state index in [1.54, 1.807) is 0 Å². The summed E-state index contributed by atoms with van der Waals surface area (Å²) in [6.45, 7) is 6.11. The Hall–Kier alpha value is -3.05. The first-order chi connectivity index (χ1) is 14.9. The van der Waals surface area contributed by atoms with Gasteiger partial charge in [0.05, 0.1) is 5.69 Å². The summed E-state index contributed by atoms with van der Waals surface area (Å²) < 4.78 is 39.6. The van der Waals surface area contributed by atoms with E-state index in [1.165, 1.54) is 4.68 Å². The highest BCUT2D eigenvalue weighted by molar-refractivity contribution is 6.03. The highest BCUT2D eigenvalue weighted by Crippen LogP contribution is 2.36. The summed E-state index contributed by atoms with van der Waals surface area (Å²) >= 11 is 0. The molecule has 32 heavy (non-hydrogen) atoms. The van der Waals surface area contributed by atoms with Gasteiger partial charge in [0, 0.05) is 25.7 Å². The van der Waals surface area contributed by atoms with Crippen LogP contribution < -0.4 is 21.3 Å². The number of fused-ring (bicyclic) bond motifs is 1. The van der Waals surface area contributed by atoms with Gasteiger partial charge in [0.2, 0.25) is 11.9 Å². The van der Waals surface area contributed by atoms with Crippen LogP contribution in [0.4, 0.5) is 36.4 Å². The molecule has 0 saturated heterocycles. The first kappa shape index (κ1) is 22.2. The van der Waals surface area contributed by atoms with Crippen LogP contribution in [0.2, 0.25) is 0 Å². The van der Waals surface area contributed by atoms with Gasteiger partial charge in [0.15, 0.2) is 11.5 Å². The number of nitrogens with two attached hydrogens (primary N) is 1. The smallest absolute Gasteiger partial charge is 0.384 e. The summed E-state index contributed by atoms with van der Waals surface area (Å²) in [4.78, 5) is 23.4. The summed E-state index contributed by atoms with van der Waals surface area (Å²) in [5.74, 6) is 1.33. The third-order valence-electron chi connectivity index (χ3n) is 6.07. The third-order valence-corrected chi connectivity index (χ3v) is 6.07. The molecule has 0 spiro atoms. The molecule has 1 atom stereocenters. The van der Waals surface area contributed by atoms with E-state index >= 15 is 0 Å². The number of nitrogens with one attached hydrogen (secondary N) is 2. The minimum atomic E-state index is -4.51. The molecule has 0 radical (unpaired) electrons. The molecule has 1 saturated carbocycles. The zero-order chi connectivity index (χ0) is 23.4. The fourth-order valence-electron chi connectivity index (χ4n) is 4.42. The first-order valence-corrected chi connectivity index (χ1v) is 10.5. The lowest BCUT2D eigenvalue weighted by molar-refractivity contribution is -0.141. The van der Waals surface area contributed by atoms with Crippen molar-refractivity contribution in [3.8, 4) is 0 Å². The molecule has 2 aromatic rings. The number of anilines is 4. The van der Waals surface area contributed by atoms with Crippen LogP contribution in [0.3, 0.4) is 0 Å². The molecular formula is C20H27F3N8O. The summed E-state index contributed by atoms with van der Waals surface area (Å²) in [5, 5.41) is 9.81. The molecule has 1 unspecified atom stereocenters. The van der Waals surface area contributed by atoms with E-state index in [4.69, 9.17) is 5.73 Å². The van der Waals surface area contributed by atoms with E-state index in [1.807, 2.05) is 32.7 Å². The monoisotopic (exact) mass is 452 g/mol. The number of hydrogen-bond acceptors (Lipinski definition) is 7. The molecule has 4 rings (SSSR count). The standard InChI is InChI=1S/C20H27F3N8O/c1-9(2)16-18(32)27-15-10(3)25-19(28-17(15)30(16)4)26-12-5-11(6-12)8-31-14(24)7-13(29-31)20(21,22)23/h7,9,11-12,16H,5-6,8,24H2,1-4H3,(H,27,32)(H,25,26,28)/t11-,12+,16?. The van der Waals surface area contributed by atoms with Gasteiger partial charge in [-0.25, -0.2) is 9.67 Å². The lowest BCUT2D eigenvalue weighted by Crippen LogP contribution is -2.50. The Labute approximate surface area is 183 Å². The number of nitrogens with zero attached hydrogens (tertiary/aromatic N) is 5. The number of hydrogen-bond donors (Lipinski definition) is 3. The van der Waals surface area contributed by atoms with Crippen LogP contribution in [0.15, 0.2) is 6.07 Å². The van der Waals surface area contributed by atoms with E-state index in [9.17, 15) is 18.0 Å². The van der Waals surface area contributed by atoms with Gasteiger partial charge in [-0.05, 0) is 31.6 Å². The second-order valence-corrected chi connectivity index (χ2v) is 8.93. The minimum absolute atomic E-state index is 0.00664. The molecule has 9 nitrogen and oxygen atoms in total. The number of aryl methyl sites for hydroxylation is 1. The molecule has 3 heterocycles. The maximum Gasteiger partial charge on any atom is 0.435 e. The van der Waals surface area contributed by atoms with Gasteiger partial charge in [-0.2, -0.15) is 23.3 Å². The van der Waals surface area contributed by atoms with Gasteiger partial charge >= 0.3 is 6.18 Å². The van der Waals surface area contributed by atoms with Crippen LogP contribution in [0.5, 0.6) is 0 Å². The highest BCUT2D eigenvalue weighted by atomic mass is 19.4. The summed E-state index contributed by atoms with van der Waals surface area (Å²) in [6.07, 6.45) is -3.03. The molecule has 2 aromatic heterocycles. The van der Waals surface area contributed by atoms with Crippen LogP contribution in [0, 0.1) is 18.8 Å². The molecule has 12 heteroatoms. The maximum absolute atomic E-state index is 12.8. The molecule has 4 N–H and O–H groups in total. The van der Waals surface area contributed by atoms with Crippen LogP contribution in [0.25, 0.3) is 0 Å². The topological polar surface area (TPSA) is 114 Å². The Morgan fingerprint density at radius 2 is 2.00 bits per heavy atom. The van der Waals surface area contributed by atoms with Crippen LogP contribution in [-0.2, 0) is 17.5 Å². The highest BCUT2D eigenvalue weighted by Gasteiger charge is 2.37. The van der Waals surface area contributed by atoms with Gasteiger partial charge in [0.25, 0.3) is 0 Å². The molecule has 0 bridgehead atoms. The average Bonchev–Trinajstić information content (AvgIpc) is 3.02. The van der Waals surface area contributed by atoms with Gasteiger partial charge in [0.1, 0.15) is 17.5 Å². The number of rotatable bonds is 5. The fraction of sp³-hybridized carbons (Fsp3) is 0.600. The van der Waals surface area contributed by atoms with Crippen LogP contribution in [-0.4, -0.2) is 44.8 Å². The summed E-state index contributed by atoms with van der Waals surface area (Å²) in [5.41, 5.74) is 5.99. The number of carbonyl (C=O) groups is 1. The van der Waals surface area contributed by atoms with Crippen molar-refractivity contribution in [1.82, 2.24) is 19.7 Å². The number of halogens is 3. The number of carbonyl (C=O) groups excluding carboxylic acids is 1. The third kappa shape index (κ3) is 4.05. The fourth-order valence-corrected chi connectivity index (χ4v) is 4.42. The Kier molecular flexibility index (Phi) is 5.41. The van der Waals surface area contributed by atoms with Crippen molar-refractivity contribution in [3.05, 3.63) is 17.5 Å². The Bertz CT molecular complexity index is 1030. The number of likely N-dealkylation sites (N-methyl/N-ethyl adjacent to an activating group) is 1. The predicted octanol–water partition coefficient (Wildman–Crippen LogP) is 2.89. The number of nitrogen functional groups attached to an aromatic ring is 1. The van der Waals surface area contributed by atoms with Crippen molar-refractivity contribution >= 4 is 29.2 Å². The summed E-state index contributed by atoms with van der Waals surface area (Å²) in [6, 6.07) is 0.636. The first-order valence-electron chi connectivity index (χ1n) is 10.5. The normalized spacial score (nSPS) is 23.1. The zero-order valence-corrected chi connectivity index (χ0v) is 18.4. The second kappa shape index (κ2) is 7.82. The lowest BCUT2D eigenvalue weighted by atomic mass is 9.80. The average molecular weight is 452 g/mol. The van der Waals surface area contributed by atoms with Crippen molar-refractivity contribution < 1.29 is 18.0 Å². The predicted molar refractivity (Wildman–Crippen MR) is 114 cm³/mol. The molecular weight excluding hydrogens is 425 g/mol.